The monoisotopic (exact) mass is 366 g/mol. The standard InChI is InChI=1S/C19H30N2O3S/c1-19(14-20)11-12-21(15-19)25(22,23)18-9-7-17(8-10-18)24-13-16-5-3-2-4-6-16/h7-10,16H,2-6,11-15,20H2,1H3. The number of nitrogens with zero attached hydrogens (tertiary/aromatic N) is 1. The maximum atomic E-state index is 12.8. The van der Waals surface area contributed by atoms with Gasteiger partial charge in [-0.2, -0.15) is 4.31 Å². The molecule has 0 aromatic heterocycles. The molecule has 0 radical (unpaired) electrons. The number of hydrogen-bond donors (Lipinski definition) is 1. The highest BCUT2D eigenvalue weighted by atomic mass is 32.2. The van der Waals surface area contributed by atoms with Crippen LogP contribution in [0.2, 0.25) is 0 Å². The van der Waals surface area contributed by atoms with Gasteiger partial charge in [-0.25, -0.2) is 8.42 Å². The summed E-state index contributed by atoms with van der Waals surface area (Å²) < 4.78 is 33.0. The van der Waals surface area contributed by atoms with Gasteiger partial charge >= 0.3 is 0 Å². The van der Waals surface area contributed by atoms with E-state index in [9.17, 15) is 8.42 Å². The lowest BCUT2D eigenvalue weighted by molar-refractivity contribution is 0.208. The Bertz CT molecular complexity index is 668. The molecule has 2 fully saturated rings. The number of rotatable bonds is 6. The average Bonchev–Trinajstić information content (AvgIpc) is 3.05. The lowest BCUT2D eigenvalue weighted by Gasteiger charge is -2.23. The van der Waals surface area contributed by atoms with E-state index in [1.54, 1.807) is 28.6 Å². The second kappa shape index (κ2) is 7.64. The van der Waals surface area contributed by atoms with Gasteiger partial charge in [-0.1, -0.05) is 26.2 Å². The van der Waals surface area contributed by atoms with Crippen LogP contribution in [0.3, 0.4) is 0 Å². The van der Waals surface area contributed by atoms with Crippen LogP contribution in [0, 0.1) is 11.3 Å². The van der Waals surface area contributed by atoms with E-state index in [0.717, 1.165) is 18.8 Å². The van der Waals surface area contributed by atoms with Crippen LogP contribution in [0.4, 0.5) is 0 Å². The predicted octanol–water partition coefficient (Wildman–Crippen LogP) is 3.01. The van der Waals surface area contributed by atoms with Crippen molar-refractivity contribution >= 4 is 10.0 Å². The maximum Gasteiger partial charge on any atom is 0.243 e. The number of ether oxygens (including phenoxy) is 1. The summed E-state index contributed by atoms with van der Waals surface area (Å²) in [5.41, 5.74) is 5.67. The van der Waals surface area contributed by atoms with Gasteiger partial charge < -0.3 is 10.5 Å². The average molecular weight is 367 g/mol. The van der Waals surface area contributed by atoms with E-state index in [-0.39, 0.29) is 5.41 Å². The second-order valence-electron chi connectivity index (χ2n) is 7.89. The highest BCUT2D eigenvalue weighted by Crippen LogP contribution is 2.33. The summed E-state index contributed by atoms with van der Waals surface area (Å²) in [6, 6.07) is 6.86. The highest BCUT2D eigenvalue weighted by molar-refractivity contribution is 7.89. The van der Waals surface area contributed by atoms with E-state index < -0.39 is 10.0 Å². The summed E-state index contributed by atoms with van der Waals surface area (Å²) in [6.07, 6.45) is 7.21. The first-order valence-corrected chi connectivity index (χ1v) is 10.8. The number of nitrogens with two attached hydrogens (primary N) is 1. The van der Waals surface area contributed by atoms with Gasteiger partial charge in [0.2, 0.25) is 10.0 Å². The zero-order valence-electron chi connectivity index (χ0n) is 15.1. The molecule has 1 atom stereocenters. The van der Waals surface area contributed by atoms with Crippen molar-refractivity contribution in [2.24, 2.45) is 17.1 Å². The van der Waals surface area contributed by atoms with Gasteiger partial charge in [-0.3, -0.25) is 0 Å². The fraction of sp³-hybridized carbons (Fsp3) is 0.684. The maximum absolute atomic E-state index is 12.8. The number of hydrogen-bond acceptors (Lipinski definition) is 4. The molecule has 1 aromatic carbocycles. The molecular formula is C19H30N2O3S. The molecule has 2 N–H and O–H groups in total. The number of sulfonamides is 1. The Morgan fingerprint density at radius 3 is 2.48 bits per heavy atom. The summed E-state index contributed by atoms with van der Waals surface area (Å²) in [6.45, 7) is 4.31. The quantitative estimate of drug-likeness (QED) is 0.840. The molecule has 1 aliphatic heterocycles. The van der Waals surface area contributed by atoms with E-state index in [0.29, 0.717) is 30.4 Å². The van der Waals surface area contributed by atoms with Crippen LogP contribution in [0.25, 0.3) is 0 Å². The minimum atomic E-state index is -3.45. The molecule has 1 saturated carbocycles. The van der Waals surface area contributed by atoms with Crippen molar-refractivity contribution in [3.05, 3.63) is 24.3 Å². The molecule has 0 bridgehead atoms. The Labute approximate surface area is 151 Å². The van der Waals surface area contributed by atoms with E-state index in [2.05, 4.69) is 0 Å². The van der Waals surface area contributed by atoms with Gasteiger partial charge in [-0.05, 0) is 61.4 Å². The zero-order valence-corrected chi connectivity index (χ0v) is 15.9. The number of benzene rings is 1. The summed E-state index contributed by atoms with van der Waals surface area (Å²) in [7, 11) is -3.45. The first-order chi connectivity index (χ1) is 11.9. The van der Waals surface area contributed by atoms with Crippen molar-refractivity contribution in [3.63, 3.8) is 0 Å². The van der Waals surface area contributed by atoms with Gasteiger partial charge in [0.25, 0.3) is 0 Å². The van der Waals surface area contributed by atoms with Gasteiger partial charge in [0.1, 0.15) is 5.75 Å². The van der Waals surface area contributed by atoms with Gasteiger partial charge in [0.05, 0.1) is 11.5 Å². The van der Waals surface area contributed by atoms with Crippen LogP contribution in [-0.2, 0) is 10.0 Å². The van der Waals surface area contributed by atoms with Crippen LogP contribution in [0.1, 0.15) is 45.4 Å². The van der Waals surface area contributed by atoms with E-state index in [1.807, 2.05) is 6.92 Å². The summed E-state index contributed by atoms with van der Waals surface area (Å²) in [4.78, 5) is 0.332. The van der Waals surface area contributed by atoms with Crippen molar-refractivity contribution in [1.82, 2.24) is 4.31 Å². The third-order valence-electron chi connectivity index (χ3n) is 5.69. The minimum Gasteiger partial charge on any atom is -0.493 e. The smallest absolute Gasteiger partial charge is 0.243 e. The second-order valence-corrected chi connectivity index (χ2v) is 9.83. The van der Waals surface area contributed by atoms with E-state index >= 15 is 0 Å². The van der Waals surface area contributed by atoms with Crippen molar-refractivity contribution < 1.29 is 13.2 Å². The van der Waals surface area contributed by atoms with Crippen molar-refractivity contribution in [3.8, 4) is 5.75 Å². The molecule has 0 spiro atoms. The Balaban J connectivity index is 1.61. The molecule has 0 amide bonds. The molecule has 1 saturated heterocycles. The van der Waals surface area contributed by atoms with Crippen LogP contribution in [0.15, 0.2) is 29.2 Å². The summed E-state index contributed by atoms with van der Waals surface area (Å²) in [5.74, 6) is 1.38. The van der Waals surface area contributed by atoms with E-state index in [4.69, 9.17) is 10.5 Å². The Morgan fingerprint density at radius 2 is 1.88 bits per heavy atom. The van der Waals surface area contributed by atoms with Gasteiger partial charge in [-0.15, -0.1) is 0 Å². The van der Waals surface area contributed by atoms with Crippen molar-refractivity contribution in [1.29, 1.82) is 0 Å². The fourth-order valence-corrected chi connectivity index (χ4v) is 5.37. The van der Waals surface area contributed by atoms with Crippen LogP contribution >= 0.6 is 0 Å². The summed E-state index contributed by atoms with van der Waals surface area (Å²) >= 11 is 0. The molecule has 1 aliphatic carbocycles. The SMILES string of the molecule is CC1(CN)CCN(S(=O)(=O)c2ccc(OCC3CCCCC3)cc2)C1. The van der Waals surface area contributed by atoms with Gasteiger partial charge in [0, 0.05) is 13.1 Å². The fourth-order valence-electron chi connectivity index (χ4n) is 3.78. The molecule has 25 heavy (non-hydrogen) atoms. The molecule has 5 nitrogen and oxygen atoms in total. The third kappa shape index (κ3) is 4.36. The molecule has 2 aliphatic rings. The molecular weight excluding hydrogens is 336 g/mol. The Morgan fingerprint density at radius 1 is 1.20 bits per heavy atom. The van der Waals surface area contributed by atoms with Crippen LogP contribution in [-0.4, -0.2) is 39.0 Å². The summed E-state index contributed by atoms with van der Waals surface area (Å²) in [5, 5.41) is 0. The lowest BCUT2D eigenvalue weighted by atomic mass is 9.90. The molecule has 3 rings (SSSR count). The Hall–Kier alpha value is -1.11. The molecule has 1 aromatic rings. The molecule has 1 unspecified atom stereocenters. The predicted molar refractivity (Wildman–Crippen MR) is 99.0 cm³/mol. The first kappa shape index (κ1) is 18.7. The minimum absolute atomic E-state index is 0.115. The highest BCUT2D eigenvalue weighted by Gasteiger charge is 2.38. The third-order valence-corrected chi connectivity index (χ3v) is 7.55. The lowest BCUT2D eigenvalue weighted by Crippen LogP contribution is -2.34. The topological polar surface area (TPSA) is 72.6 Å². The van der Waals surface area contributed by atoms with E-state index in [1.165, 1.54) is 32.1 Å². The van der Waals surface area contributed by atoms with Crippen LogP contribution in [0.5, 0.6) is 5.75 Å². The molecule has 6 heteroatoms. The molecule has 1 heterocycles. The molecule has 140 valence electrons. The van der Waals surface area contributed by atoms with Crippen molar-refractivity contribution in [2.75, 3.05) is 26.2 Å². The van der Waals surface area contributed by atoms with Crippen LogP contribution < -0.4 is 10.5 Å². The zero-order chi connectivity index (χ0) is 17.9. The van der Waals surface area contributed by atoms with Gasteiger partial charge in [0.15, 0.2) is 0 Å². The first-order valence-electron chi connectivity index (χ1n) is 9.36. The Kier molecular flexibility index (Phi) is 5.71. The normalized spacial score (nSPS) is 26.0. The van der Waals surface area contributed by atoms with Crippen molar-refractivity contribution in [2.45, 2.75) is 50.3 Å². The largest absolute Gasteiger partial charge is 0.493 e.